The van der Waals surface area contributed by atoms with Gasteiger partial charge in [0, 0.05) is 22.8 Å². The van der Waals surface area contributed by atoms with E-state index in [1.807, 2.05) is 19.2 Å². The smallest absolute Gasteiger partial charge is 0.0819 e. The highest BCUT2D eigenvalue weighted by molar-refractivity contribution is 9.10. The van der Waals surface area contributed by atoms with Gasteiger partial charge in [0.1, 0.15) is 0 Å². The standard InChI is InChI=1S/C15H19BrClN3/c1-10-13(17)9-20(19-10)14-6-5-11(7-12(14)16)8-18-15(2,3)4/h5-7,9,18H,8H2,1-4H3. The largest absolute Gasteiger partial charge is 0.308 e. The molecule has 0 fully saturated rings. The molecule has 0 saturated heterocycles. The Morgan fingerprint density at radius 1 is 1.35 bits per heavy atom. The maximum Gasteiger partial charge on any atom is 0.0819 e. The van der Waals surface area contributed by atoms with Gasteiger partial charge in [0.25, 0.3) is 0 Å². The van der Waals surface area contributed by atoms with Crippen LogP contribution in [0.5, 0.6) is 0 Å². The van der Waals surface area contributed by atoms with Crippen LogP contribution in [-0.4, -0.2) is 15.3 Å². The van der Waals surface area contributed by atoms with Crippen molar-refractivity contribution in [1.82, 2.24) is 15.1 Å². The SMILES string of the molecule is Cc1nn(-c2ccc(CNC(C)(C)C)cc2Br)cc1Cl. The zero-order valence-corrected chi connectivity index (χ0v) is 14.5. The first-order chi connectivity index (χ1) is 9.26. The zero-order valence-electron chi connectivity index (χ0n) is 12.2. The summed E-state index contributed by atoms with van der Waals surface area (Å²) in [5.41, 5.74) is 3.15. The van der Waals surface area contributed by atoms with Gasteiger partial charge in [0.2, 0.25) is 0 Å². The molecule has 2 rings (SSSR count). The second-order valence-corrected chi connectivity index (χ2v) is 7.16. The molecule has 0 radical (unpaired) electrons. The van der Waals surface area contributed by atoms with E-state index in [0.29, 0.717) is 5.02 Å². The van der Waals surface area contributed by atoms with Crippen LogP contribution in [0.1, 0.15) is 32.0 Å². The third-order valence-electron chi connectivity index (χ3n) is 2.92. The molecular weight excluding hydrogens is 338 g/mol. The van der Waals surface area contributed by atoms with E-state index >= 15 is 0 Å². The lowest BCUT2D eigenvalue weighted by atomic mass is 10.1. The van der Waals surface area contributed by atoms with E-state index in [1.54, 1.807) is 4.68 Å². The summed E-state index contributed by atoms with van der Waals surface area (Å²) in [6, 6.07) is 6.26. The number of rotatable bonds is 3. The zero-order chi connectivity index (χ0) is 14.9. The predicted octanol–water partition coefficient (Wildman–Crippen LogP) is 4.48. The lowest BCUT2D eigenvalue weighted by Gasteiger charge is -2.20. The summed E-state index contributed by atoms with van der Waals surface area (Å²) in [5.74, 6) is 0. The lowest BCUT2D eigenvalue weighted by Crippen LogP contribution is -2.35. The van der Waals surface area contributed by atoms with Crippen LogP contribution in [0.3, 0.4) is 0 Å². The molecule has 2 aromatic rings. The number of nitrogens with zero attached hydrogens (tertiary/aromatic N) is 2. The number of aromatic nitrogens is 2. The fraction of sp³-hybridized carbons (Fsp3) is 0.400. The Morgan fingerprint density at radius 3 is 2.55 bits per heavy atom. The van der Waals surface area contributed by atoms with Crippen LogP contribution in [0.4, 0.5) is 0 Å². The van der Waals surface area contributed by atoms with E-state index in [-0.39, 0.29) is 5.54 Å². The fourth-order valence-corrected chi connectivity index (χ4v) is 2.51. The highest BCUT2D eigenvalue weighted by Gasteiger charge is 2.11. The van der Waals surface area contributed by atoms with Crippen LogP contribution in [0.15, 0.2) is 28.9 Å². The molecule has 0 spiro atoms. The first kappa shape index (κ1) is 15.5. The molecule has 108 valence electrons. The molecule has 3 nitrogen and oxygen atoms in total. The summed E-state index contributed by atoms with van der Waals surface area (Å²) in [4.78, 5) is 0. The molecule has 1 heterocycles. The maximum atomic E-state index is 6.05. The quantitative estimate of drug-likeness (QED) is 0.878. The molecule has 1 aromatic carbocycles. The average molecular weight is 357 g/mol. The van der Waals surface area contributed by atoms with Crippen LogP contribution in [0.25, 0.3) is 5.69 Å². The van der Waals surface area contributed by atoms with Gasteiger partial charge in [-0.3, -0.25) is 0 Å². The Balaban J connectivity index is 2.22. The summed E-state index contributed by atoms with van der Waals surface area (Å²) in [7, 11) is 0. The summed E-state index contributed by atoms with van der Waals surface area (Å²) >= 11 is 9.66. The number of aryl methyl sites for hydroxylation is 1. The molecule has 0 amide bonds. The van der Waals surface area contributed by atoms with Gasteiger partial charge in [-0.2, -0.15) is 5.10 Å². The molecular formula is C15H19BrClN3. The van der Waals surface area contributed by atoms with Crippen molar-refractivity contribution < 1.29 is 0 Å². The Kier molecular flexibility index (Phi) is 4.57. The first-order valence-electron chi connectivity index (χ1n) is 6.52. The minimum atomic E-state index is 0.109. The Labute approximate surface area is 133 Å². The Hall–Kier alpha value is -0.840. The summed E-state index contributed by atoms with van der Waals surface area (Å²) in [6.07, 6.45) is 1.82. The lowest BCUT2D eigenvalue weighted by molar-refractivity contribution is 0.424. The monoisotopic (exact) mass is 355 g/mol. The summed E-state index contributed by atoms with van der Waals surface area (Å²) < 4.78 is 2.80. The van der Waals surface area contributed by atoms with Gasteiger partial charge < -0.3 is 5.32 Å². The molecule has 5 heteroatoms. The molecule has 0 bridgehead atoms. The van der Waals surface area contributed by atoms with E-state index in [2.05, 4.69) is 59.2 Å². The van der Waals surface area contributed by atoms with Crippen molar-refractivity contribution in [1.29, 1.82) is 0 Å². The molecule has 1 N–H and O–H groups in total. The summed E-state index contributed by atoms with van der Waals surface area (Å²) in [6.45, 7) is 9.20. The maximum absolute atomic E-state index is 6.05. The normalized spacial score (nSPS) is 11.9. The molecule has 0 atom stereocenters. The van der Waals surface area contributed by atoms with E-state index in [9.17, 15) is 0 Å². The first-order valence-corrected chi connectivity index (χ1v) is 7.69. The van der Waals surface area contributed by atoms with Crippen LogP contribution < -0.4 is 5.32 Å². The molecule has 1 aromatic heterocycles. The molecule has 0 saturated carbocycles. The topological polar surface area (TPSA) is 29.9 Å². The van der Waals surface area contributed by atoms with Crippen molar-refractivity contribution in [3.63, 3.8) is 0 Å². The molecule has 0 aliphatic carbocycles. The van der Waals surface area contributed by atoms with Crippen molar-refractivity contribution in [2.24, 2.45) is 0 Å². The van der Waals surface area contributed by atoms with Crippen molar-refractivity contribution in [2.45, 2.75) is 39.8 Å². The van der Waals surface area contributed by atoms with E-state index in [1.165, 1.54) is 5.56 Å². The van der Waals surface area contributed by atoms with Gasteiger partial charge in [-0.1, -0.05) is 17.7 Å². The molecule has 0 aliphatic rings. The van der Waals surface area contributed by atoms with E-state index in [4.69, 9.17) is 11.6 Å². The third kappa shape index (κ3) is 3.84. The Bertz CT molecular complexity index is 595. The number of halogens is 2. The molecule has 20 heavy (non-hydrogen) atoms. The number of hydrogen-bond acceptors (Lipinski definition) is 2. The highest BCUT2D eigenvalue weighted by atomic mass is 79.9. The fourth-order valence-electron chi connectivity index (χ4n) is 1.78. The van der Waals surface area contributed by atoms with Gasteiger partial charge in [0.15, 0.2) is 0 Å². The number of benzene rings is 1. The van der Waals surface area contributed by atoms with E-state index < -0.39 is 0 Å². The number of hydrogen-bond donors (Lipinski definition) is 1. The van der Waals surface area contributed by atoms with E-state index in [0.717, 1.165) is 22.4 Å². The van der Waals surface area contributed by atoms with Gasteiger partial charge in [-0.15, -0.1) is 0 Å². The second-order valence-electron chi connectivity index (χ2n) is 5.90. The molecule has 0 unspecified atom stereocenters. The third-order valence-corrected chi connectivity index (χ3v) is 3.93. The van der Waals surface area contributed by atoms with Gasteiger partial charge in [0.05, 0.1) is 16.4 Å². The van der Waals surface area contributed by atoms with Gasteiger partial charge in [-0.25, -0.2) is 4.68 Å². The van der Waals surface area contributed by atoms with Crippen molar-refractivity contribution in [3.8, 4) is 5.69 Å². The van der Waals surface area contributed by atoms with Gasteiger partial charge >= 0.3 is 0 Å². The van der Waals surface area contributed by atoms with Crippen LogP contribution in [0, 0.1) is 6.92 Å². The summed E-state index contributed by atoms with van der Waals surface area (Å²) in [5, 5.41) is 8.55. The van der Waals surface area contributed by atoms with Crippen molar-refractivity contribution in [2.75, 3.05) is 0 Å². The van der Waals surface area contributed by atoms with Crippen LogP contribution in [0.2, 0.25) is 5.02 Å². The molecule has 0 aliphatic heterocycles. The minimum absolute atomic E-state index is 0.109. The highest BCUT2D eigenvalue weighted by Crippen LogP contribution is 2.24. The minimum Gasteiger partial charge on any atom is -0.308 e. The van der Waals surface area contributed by atoms with Crippen LogP contribution in [-0.2, 0) is 6.54 Å². The number of nitrogens with one attached hydrogen (secondary N) is 1. The van der Waals surface area contributed by atoms with Crippen LogP contribution >= 0.6 is 27.5 Å². The average Bonchev–Trinajstić information content (AvgIpc) is 2.66. The van der Waals surface area contributed by atoms with Crippen molar-refractivity contribution in [3.05, 3.63) is 45.1 Å². The second kappa shape index (κ2) is 5.88. The predicted molar refractivity (Wildman–Crippen MR) is 87.6 cm³/mol. The Morgan fingerprint density at radius 2 is 2.05 bits per heavy atom. The van der Waals surface area contributed by atoms with Gasteiger partial charge in [-0.05, 0) is 61.3 Å². The van der Waals surface area contributed by atoms with Crippen molar-refractivity contribution >= 4 is 27.5 Å².